The summed E-state index contributed by atoms with van der Waals surface area (Å²) < 4.78 is 22.0. The summed E-state index contributed by atoms with van der Waals surface area (Å²) >= 11 is 0. The number of morpholine rings is 1. The molecule has 224 valence electrons. The van der Waals surface area contributed by atoms with Gasteiger partial charge < -0.3 is 39.0 Å². The topological polar surface area (TPSA) is 127 Å². The Bertz CT molecular complexity index is 1620. The van der Waals surface area contributed by atoms with E-state index in [0.29, 0.717) is 92.9 Å². The van der Waals surface area contributed by atoms with Gasteiger partial charge in [0.05, 0.1) is 41.0 Å². The number of H-pyrrole nitrogens is 1. The van der Waals surface area contributed by atoms with Crippen molar-refractivity contribution >= 4 is 40.0 Å². The lowest BCUT2D eigenvalue weighted by atomic mass is 10.1. The first-order chi connectivity index (χ1) is 21.1. The SMILES string of the molecule is COc1cc(Nc2nc(C3=CCN(C(=O)Cc4c[nH]c5ccccc45)CC3)nc(N3CCOCC3)n2)cc(OC)c1OC. The molecule has 1 amide bonds. The van der Waals surface area contributed by atoms with Gasteiger partial charge in [-0.05, 0) is 23.6 Å². The van der Waals surface area contributed by atoms with Crippen molar-refractivity contribution in [1.29, 1.82) is 0 Å². The van der Waals surface area contributed by atoms with Crippen LogP contribution in [0.15, 0.2) is 48.7 Å². The number of carbonyl (C=O) groups is 1. The van der Waals surface area contributed by atoms with Gasteiger partial charge in [-0.3, -0.25) is 4.79 Å². The van der Waals surface area contributed by atoms with Crippen LogP contribution in [0.25, 0.3) is 16.5 Å². The summed E-state index contributed by atoms with van der Waals surface area (Å²) in [6.45, 7) is 3.65. The summed E-state index contributed by atoms with van der Waals surface area (Å²) in [6.07, 6.45) is 4.95. The fourth-order valence-electron chi connectivity index (χ4n) is 5.40. The Morgan fingerprint density at radius 1 is 1.00 bits per heavy atom. The third-order valence-electron chi connectivity index (χ3n) is 7.70. The molecule has 1 saturated heterocycles. The first-order valence-corrected chi connectivity index (χ1v) is 14.2. The number of para-hydroxylation sites is 1. The lowest BCUT2D eigenvalue weighted by Crippen LogP contribution is -2.38. The smallest absolute Gasteiger partial charge is 0.232 e. The van der Waals surface area contributed by atoms with Crippen LogP contribution in [0.5, 0.6) is 17.2 Å². The van der Waals surface area contributed by atoms with Crippen molar-refractivity contribution < 1.29 is 23.7 Å². The number of benzene rings is 2. The van der Waals surface area contributed by atoms with Gasteiger partial charge in [0.15, 0.2) is 17.3 Å². The highest BCUT2D eigenvalue weighted by molar-refractivity contribution is 5.89. The van der Waals surface area contributed by atoms with Crippen molar-refractivity contribution in [2.75, 3.05) is 70.9 Å². The zero-order valence-electron chi connectivity index (χ0n) is 24.6. The van der Waals surface area contributed by atoms with Gasteiger partial charge in [0.2, 0.25) is 23.6 Å². The van der Waals surface area contributed by atoms with Crippen molar-refractivity contribution in [2.24, 2.45) is 0 Å². The summed E-state index contributed by atoms with van der Waals surface area (Å²) in [5.74, 6) is 3.15. The van der Waals surface area contributed by atoms with Crippen LogP contribution in [-0.2, 0) is 16.0 Å². The van der Waals surface area contributed by atoms with Crippen LogP contribution >= 0.6 is 0 Å². The number of amides is 1. The van der Waals surface area contributed by atoms with Gasteiger partial charge in [-0.25, -0.2) is 0 Å². The van der Waals surface area contributed by atoms with Crippen LogP contribution in [0.2, 0.25) is 0 Å². The second kappa shape index (κ2) is 12.6. The van der Waals surface area contributed by atoms with Crippen molar-refractivity contribution in [3.63, 3.8) is 0 Å². The van der Waals surface area contributed by atoms with E-state index in [2.05, 4.69) is 15.2 Å². The highest BCUT2D eigenvalue weighted by atomic mass is 16.5. The predicted octanol–water partition coefficient (Wildman–Crippen LogP) is 3.82. The summed E-state index contributed by atoms with van der Waals surface area (Å²) in [6, 6.07) is 11.6. The molecule has 4 aromatic rings. The molecule has 1 fully saturated rings. The largest absolute Gasteiger partial charge is 0.493 e. The van der Waals surface area contributed by atoms with Gasteiger partial charge >= 0.3 is 0 Å². The summed E-state index contributed by atoms with van der Waals surface area (Å²) in [4.78, 5) is 34.8. The molecular formula is C31H35N7O5. The molecule has 0 aliphatic carbocycles. The van der Waals surface area contributed by atoms with Crippen LogP contribution in [0, 0.1) is 0 Å². The number of anilines is 3. The number of hydrogen-bond acceptors (Lipinski definition) is 10. The van der Waals surface area contributed by atoms with Crippen molar-refractivity contribution in [3.05, 3.63) is 60.1 Å². The summed E-state index contributed by atoms with van der Waals surface area (Å²) in [5.41, 5.74) is 3.69. The molecule has 4 heterocycles. The molecule has 2 aliphatic rings. The lowest BCUT2D eigenvalue weighted by molar-refractivity contribution is -0.130. The molecule has 0 radical (unpaired) electrons. The van der Waals surface area contributed by atoms with Gasteiger partial charge in [0, 0.05) is 61.1 Å². The molecule has 0 unspecified atom stereocenters. The number of nitrogens with one attached hydrogen (secondary N) is 2. The lowest BCUT2D eigenvalue weighted by Gasteiger charge is -2.28. The highest BCUT2D eigenvalue weighted by Gasteiger charge is 2.23. The minimum Gasteiger partial charge on any atom is -0.493 e. The Hall–Kier alpha value is -4.84. The van der Waals surface area contributed by atoms with E-state index in [4.69, 9.17) is 33.9 Å². The van der Waals surface area contributed by atoms with Gasteiger partial charge in [-0.2, -0.15) is 15.0 Å². The number of aromatic amines is 1. The number of methoxy groups -OCH3 is 3. The third-order valence-corrected chi connectivity index (χ3v) is 7.70. The number of nitrogens with zero attached hydrogens (tertiary/aromatic N) is 5. The fourth-order valence-corrected chi connectivity index (χ4v) is 5.40. The Labute approximate surface area is 249 Å². The van der Waals surface area contributed by atoms with E-state index in [1.807, 2.05) is 41.4 Å². The Morgan fingerprint density at radius 3 is 2.47 bits per heavy atom. The maximum Gasteiger partial charge on any atom is 0.232 e. The fraction of sp³-hybridized carbons (Fsp3) is 0.355. The van der Waals surface area contributed by atoms with Gasteiger partial charge in [0.1, 0.15) is 0 Å². The Kier molecular flexibility index (Phi) is 8.27. The van der Waals surface area contributed by atoms with Crippen molar-refractivity contribution in [3.8, 4) is 17.2 Å². The van der Waals surface area contributed by atoms with Crippen LogP contribution < -0.4 is 24.4 Å². The average Bonchev–Trinajstić information content (AvgIpc) is 3.47. The van der Waals surface area contributed by atoms with E-state index in [1.165, 1.54) is 0 Å². The highest BCUT2D eigenvalue weighted by Crippen LogP contribution is 2.40. The monoisotopic (exact) mass is 585 g/mol. The molecule has 0 saturated carbocycles. The van der Waals surface area contributed by atoms with Gasteiger partial charge in [-0.1, -0.05) is 24.3 Å². The molecule has 2 aromatic carbocycles. The van der Waals surface area contributed by atoms with Gasteiger partial charge in [-0.15, -0.1) is 0 Å². The number of rotatable bonds is 9. The van der Waals surface area contributed by atoms with Crippen molar-refractivity contribution in [1.82, 2.24) is 24.8 Å². The molecular weight excluding hydrogens is 550 g/mol. The first kappa shape index (κ1) is 28.3. The first-order valence-electron chi connectivity index (χ1n) is 14.2. The third kappa shape index (κ3) is 6.05. The maximum absolute atomic E-state index is 13.2. The van der Waals surface area contributed by atoms with E-state index >= 15 is 0 Å². The maximum atomic E-state index is 13.2. The molecule has 0 bridgehead atoms. The molecule has 0 spiro atoms. The molecule has 12 nitrogen and oxygen atoms in total. The van der Waals surface area contributed by atoms with Crippen LogP contribution in [0.1, 0.15) is 17.8 Å². The van der Waals surface area contributed by atoms with Gasteiger partial charge in [0.25, 0.3) is 0 Å². The summed E-state index contributed by atoms with van der Waals surface area (Å²) in [7, 11) is 4.71. The second-order valence-electron chi connectivity index (χ2n) is 10.3. The second-order valence-corrected chi connectivity index (χ2v) is 10.3. The average molecular weight is 586 g/mol. The zero-order chi connectivity index (χ0) is 29.8. The van der Waals surface area contributed by atoms with Crippen LogP contribution in [0.4, 0.5) is 17.6 Å². The number of carbonyl (C=O) groups excluding carboxylic acids is 1. The minimum absolute atomic E-state index is 0.0921. The van der Waals surface area contributed by atoms with Crippen molar-refractivity contribution in [2.45, 2.75) is 12.8 Å². The zero-order valence-corrected chi connectivity index (χ0v) is 24.6. The molecule has 12 heteroatoms. The standard InChI is InChI=1S/C31H35N7O5/c1-40-25-17-22(18-26(41-2)28(25)42-3)33-30-34-29(35-31(36-30)38-12-14-43-15-13-38)20-8-10-37(11-9-20)27(39)16-21-19-32-24-7-5-4-6-23(21)24/h4-8,17-19,32H,9-16H2,1-3H3,(H,33,34,35,36). The summed E-state index contributed by atoms with van der Waals surface area (Å²) in [5, 5.41) is 4.38. The van der Waals surface area contributed by atoms with E-state index < -0.39 is 0 Å². The van der Waals surface area contributed by atoms with E-state index in [1.54, 1.807) is 33.5 Å². The van der Waals surface area contributed by atoms with E-state index in [9.17, 15) is 4.79 Å². The Morgan fingerprint density at radius 2 is 1.77 bits per heavy atom. The minimum atomic E-state index is 0.0921. The predicted molar refractivity (Wildman–Crippen MR) is 163 cm³/mol. The van der Waals surface area contributed by atoms with Crippen LogP contribution in [0.3, 0.4) is 0 Å². The molecule has 2 aliphatic heterocycles. The number of aromatic nitrogens is 4. The normalized spacial score (nSPS) is 15.3. The number of fused-ring (bicyclic) bond motifs is 1. The Balaban J connectivity index is 1.24. The van der Waals surface area contributed by atoms with E-state index in [0.717, 1.165) is 22.0 Å². The molecule has 6 rings (SSSR count). The molecule has 2 aromatic heterocycles. The number of hydrogen-bond donors (Lipinski definition) is 2. The molecule has 0 atom stereocenters. The van der Waals surface area contributed by atoms with E-state index in [-0.39, 0.29) is 5.91 Å². The van der Waals surface area contributed by atoms with Crippen LogP contribution in [-0.4, -0.2) is 91.5 Å². The quantitative estimate of drug-likeness (QED) is 0.299. The molecule has 43 heavy (non-hydrogen) atoms. The molecule has 2 N–H and O–H groups in total. The number of ether oxygens (including phenoxy) is 4.